The molecule has 5 nitrogen and oxygen atoms in total. The Morgan fingerprint density at radius 1 is 1.07 bits per heavy atom. The second-order valence-corrected chi connectivity index (χ2v) is 8.18. The molecule has 2 aromatic carbocycles. The van der Waals surface area contributed by atoms with Gasteiger partial charge in [0.1, 0.15) is 11.6 Å². The summed E-state index contributed by atoms with van der Waals surface area (Å²) in [5, 5.41) is 0. The Morgan fingerprint density at radius 2 is 1.77 bits per heavy atom. The van der Waals surface area contributed by atoms with Crippen LogP contribution in [0.2, 0.25) is 0 Å². The van der Waals surface area contributed by atoms with Gasteiger partial charge < -0.3 is 14.2 Å². The highest BCUT2D eigenvalue weighted by molar-refractivity contribution is 7.99. The summed E-state index contributed by atoms with van der Waals surface area (Å²) in [6.07, 6.45) is 0. The van der Waals surface area contributed by atoms with Crippen molar-refractivity contribution in [1.82, 2.24) is 9.88 Å². The molecule has 0 radical (unpaired) electrons. The molecule has 2 heterocycles. The van der Waals surface area contributed by atoms with Crippen molar-refractivity contribution in [3.05, 3.63) is 71.9 Å². The molecule has 30 heavy (non-hydrogen) atoms. The predicted molar refractivity (Wildman–Crippen MR) is 118 cm³/mol. The van der Waals surface area contributed by atoms with Gasteiger partial charge in [-0.15, -0.1) is 11.8 Å². The molecule has 156 valence electrons. The molecule has 0 spiro atoms. The van der Waals surface area contributed by atoms with Crippen LogP contribution >= 0.6 is 11.8 Å². The van der Waals surface area contributed by atoms with Crippen LogP contribution in [0, 0.1) is 12.7 Å². The highest BCUT2D eigenvalue weighted by Gasteiger charge is 2.21. The number of amides is 1. The van der Waals surface area contributed by atoms with Gasteiger partial charge in [0.15, 0.2) is 0 Å². The van der Waals surface area contributed by atoms with E-state index in [1.807, 2.05) is 30.0 Å². The number of carbonyl (C=O) groups is 1. The van der Waals surface area contributed by atoms with Gasteiger partial charge in [-0.2, -0.15) is 0 Å². The first-order chi connectivity index (χ1) is 14.6. The lowest BCUT2D eigenvalue weighted by atomic mass is 10.2. The molecule has 0 bridgehead atoms. The Labute approximate surface area is 179 Å². The van der Waals surface area contributed by atoms with Gasteiger partial charge in [0, 0.05) is 37.6 Å². The average Bonchev–Trinajstić information content (AvgIpc) is 3.15. The summed E-state index contributed by atoms with van der Waals surface area (Å²) in [6, 6.07) is 16.7. The van der Waals surface area contributed by atoms with Gasteiger partial charge in [0.05, 0.1) is 17.0 Å². The van der Waals surface area contributed by atoms with Crippen molar-refractivity contribution in [2.45, 2.75) is 12.7 Å². The second-order valence-electron chi connectivity index (χ2n) is 7.20. The molecule has 0 atom stereocenters. The average molecular weight is 426 g/mol. The number of benzene rings is 2. The van der Waals surface area contributed by atoms with E-state index < -0.39 is 0 Å². The monoisotopic (exact) mass is 425 g/mol. The van der Waals surface area contributed by atoms with Crippen molar-refractivity contribution in [1.29, 1.82) is 0 Å². The van der Waals surface area contributed by atoms with Crippen LogP contribution in [-0.4, -0.2) is 47.7 Å². The number of piperazine rings is 1. The van der Waals surface area contributed by atoms with Crippen molar-refractivity contribution < 1.29 is 13.6 Å². The molecular weight excluding hydrogens is 401 g/mol. The maximum Gasteiger partial charge on any atom is 0.232 e. The predicted octanol–water partition coefficient (Wildman–Crippen LogP) is 4.37. The summed E-state index contributed by atoms with van der Waals surface area (Å²) >= 11 is 1.51. The number of para-hydroxylation sites is 1. The fraction of sp³-hybridized carbons (Fsp3) is 0.304. The fourth-order valence-electron chi connectivity index (χ4n) is 3.49. The van der Waals surface area contributed by atoms with E-state index >= 15 is 0 Å². The lowest BCUT2D eigenvalue weighted by Gasteiger charge is -2.36. The lowest BCUT2D eigenvalue weighted by molar-refractivity contribution is -0.128. The van der Waals surface area contributed by atoms with E-state index in [0.29, 0.717) is 22.8 Å². The van der Waals surface area contributed by atoms with Crippen LogP contribution in [0.5, 0.6) is 0 Å². The summed E-state index contributed by atoms with van der Waals surface area (Å²) in [7, 11) is 0. The molecule has 1 aliphatic heterocycles. The third kappa shape index (κ3) is 4.67. The number of aryl methyl sites for hydroxylation is 1. The summed E-state index contributed by atoms with van der Waals surface area (Å²) < 4.78 is 19.6. The van der Waals surface area contributed by atoms with Crippen molar-refractivity contribution in [3.8, 4) is 11.5 Å². The number of aromatic nitrogens is 1. The fourth-order valence-corrected chi connectivity index (χ4v) is 4.41. The zero-order valence-corrected chi connectivity index (χ0v) is 17.7. The molecule has 1 aromatic heterocycles. The van der Waals surface area contributed by atoms with E-state index in [1.54, 1.807) is 18.2 Å². The van der Waals surface area contributed by atoms with Gasteiger partial charge in [-0.1, -0.05) is 30.3 Å². The standard InChI is InChI=1S/C23H24FN3O2S/c1-17-21(25-23(29-17)19-9-5-6-10-20(19)24)15-30-16-22(28)27-13-11-26(12-14-27)18-7-3-2-4-8-18/h2-10H,11-16H2,1H3. The highest BCUT2D eigenvalue weighted by atomic mass is 32.2. The molecule has 0 N–H and O–H groups in total. The van der Waals surface area contributed by atoms with E-state index in [1.165, 1.54) is 23.5 Å². The summed E-state index contributed by atoms with van der Waals surface area (Å²) in [4.78, 5) is 21.2. The first-order valence-corrected chi connectivity index (χ1v) is 11.1. The number of anilines is 1. The van der Waals surface area contributed by atoms with Crippen LogP contribution < -0.4 is 4.90 Å². The van der Waals surface area contributed by atoms with Crippen LogP contribution in [0.4, 0.5) is 10.1 Å². The highest BCUT2D eigenvalue weighted by Crippen LogP contribution is 2.26. The van der Waals surface area contributed by atoms with Crippen LogP contribution in [0.15, 0.2) is 59.0 Å². The van der Waals surface area contributed by atoms with Crippen molar-refractivity contribution in [2.75, 3.05) is 36.8 Å². The number of thioether (sulfide) groups is 1. The van der Waals surface area contributed by atoms with Crippen molar-refractivity contribution in [3.63, 3.8) is 0 Å². The third-order valence-electron chi connectivity index (χ3n) is 5.21. The normalized spacial score (nSPS) is 14.2. The smallest absolute Gasteiger partial charge is 0.232 e. The number of carbonyl (C=O) groups excluding carboxylic acids is 1. The van der Waals surface area contributed by atoms with Gasteiger partial charge in [0.25, 0.3) is 0 Å². The minimum atomic E-state index is -0.359. The topological polar surface area (TPSA) is 49.6 Å². The van der Waals surface area contributed by atoms with E-state index in [4.69, 9.17) is 4.42 Å². The molecule has 0 unspecified atom stereocenters. The molecule has 4 rings (SSSR count). The molecule has 3 aromatic rings. The molecule has 7 heteroatoms. The molecule has 1 fully saturated rings. The first kappa shape index (κ1) is 20.5. The maximum absolute atomic E-state index is 14.0. The molecule has 0 saturated carbocycles. The van der Waals surface area contributed by atoms with Gasteiger partial charge >= 0.3 is 0 Å². The summed E-state index contributed by atoms with van der Waals surface area (Å²) in [5.41, 5.74) is 2.30. The molecule has 1 aliphatic rings. The van der Waals surface area contributed by atoms with Crippen LogP contribution in [0.1, 0.15) is 11.5 Å². The Kier molecular flexibility index (Phi) is 6.38. The van der Waals surface area contributed by atoms with Crippen LogP contribution in [-0.2, 0) is 10.5 Å². The Hall–Kier alpha value is -2.80. The van der Waals surface area contributed by atoms with Crippen LogP contribution in [0.3, 0.4) is 0 Å². The van der Waals surface area contributed by atoms with Gasteiger partial charge in [-0.05, 0) is 31.2 Å². The largest absolute Gasteiger partial charge is 0.441 e. The number of hydrogen-bond acceptors (Lipinski definition) is 5. The Balaban J connectivity index is 1.27. The second kappa shape index (κ2) is 9.34. The number of hydrogen-bond donors (Lipinski definition) is 0. The quantitative estimate of drug-likeness (QED) is 0.587. The Bertz CT molecular complexity index is 1000. The lowest BCUT2D eigenvalue weighted by Crippen LogP contribution is -2.49. The maximum atomic E-state index is 14.0. The van der Waals surface area contributed by atoms with E-state index in [2.05, 4.69) is 22.0 Å². The molecular formula is C23H24FN3O2S. The molecule has 0 aliphatic carbocycles. The Morgan fingerprint density at radius 3 is 2.50 bits per heavy atom. The van der Waals surface area contributed by atoms with E-state index in [0.717, 1.165) is 31.9 Å². The van der Waals surface area contributed by atoms with Gasteiger partial charge in [-0.3, -0.25) is 4.79 Å². The van der Waals surface area contributed by atoms with E-state index in [9.17, 15) is 9.18 Å². The number of rotatable bonds is 6. The van der Waals surface area contributed by atoms with E-state index in [-0.39, 0.29) is 17.6 Å². The van der Waals surface area contributed by atoms with Crippen LogP contribution in [0.25, 0.3) is 11.5 Å². The van der Waals surface area contributed by atoms with Crippen molar-refractivity contribution >= 4 is 23.4 Å². The number of nitrogens with zero attached hydrogens (tertiary/aromatic N) is 3. The van der Waals surface area contributed by atoms with Crippen molar-refractivity contribution in [2.24, 2.45) is 0 Å². The molecule has 1 amide bonds. The minimum absolute atomic E-state index is 0.142. The summed E-state index contributed by atoms with van der Waals surface area (Å²) in [5.74, 6) is 1.67. The third-order valence-corrected chi connectivity index (χ3v) is 6.14. The van der Waals surface area contributed by atoms with Gasteiger partial charge in [-0.25, -0.2) is 9.37 Å². The molecule has 1 saturated heterocycles. The SMILES string of the molecule is Cc1oc(-c2ccccc2F)nc1CSCC(=O)N1CCN(c2ccccc2)CC1. The van der Waals surface area contributed by atoms with Gasteiger partial charge in [0.2, 0.25) is 11.8 Å². The number of halogens is 1. The minimum Gasteiger partial charge on any atom is -0.441 e. The summed E-state index contributed by atoms with van der Waals surface area (Å²) in [6.45, 7) is 4.96. The number of oxazole rings is 1. The zero-order chi connectivity index (χ0) is 20.9. The zero-order valence-electron chi connectivity index (χ0n) is 16.9. The first-order valence-electron chi connectivity index (χ1n) is 9.98.